The monoisotopic (exact) mass is 322 g/mol. The highest BCUT2D eigenvalue weighted by atomic mass is 19.4. The Labute approximate surface area is 119 Å². The van der Waals surface area contributed by atoms with Crippen LogP contribution in [0.1, 0.15) is 16.8 Å². The van der Waals surface area contributed by atoms with Crippen LogP contribution in [-0.2, 0) is 12.4 Å². The lowest BCUT2D eigenvalue weighted by molar-refractivity contribution is -0.142. The Balaban J connectivity index is 2.68. The van der Waals surface area contributed by atoms with Crippen molar-refractivity contribution in [2.24, 2.45) is 4.99 Å². The van der Waals surface area contributed by atoms with E-state index in [1.54, 1.807) is 0 Å². The molecule has 1 N–H and O–H groups in total. The van der Waals surface area contributed by atoms with E-state index in [0.29, 0.717) is 6.07 Å². The molecule has 0 aliphatic rings. The average molecular weight is 322 g/mol. The standard InChI is InChI=1S/C12H8F6N4/c1-19-5-9-10(21-22-20-9)7-3-2-6(11(13,14)15)4-8(7)12(16,17)18/h2-5H,1H3,(H,20,21,22)/b19-5+. The van der Waals surface area contributed by atoms with Crippen LogP contribution >= 0.6 is 0 Å². The number of rotatable bonds is 2. The molecule has 10 heteroatoms. The summed E-state index contributed by atoms with van der Waals surface area (Å²) in [5, 5.41) is 9.18. The molecule has 2 aromatic rings. The zero-order valence-electron chi connectivity index (χ0n) is 10.9. The van der Waals surface area contributed by atoms with E-state index in [1.165, 1.54) is 13.3 Å². The van der Waals surface area contributed by atoms with Crippen molar-refractivity contribution in [3.05, 3.63) is 35.0 Å². The summed E-state index contributed by atoms with van der Waals surface area (Å²) in [5.74, 6) is 0. The first-order valence-electron chi connectivity index (χ1n) is 5.76. The molecule has 0 aliphatic carbocycles. The fraction of sp³-hybridized carbons (Fsp3) is 0.250. The first kappa shape index (κ1) is 16.0. The van der Waals surface area contributed by atoms with E-state index in [2.05, 4.69) is 20.4 Å². The van der Waals surface area contributed by atoms with Gasteiger partial charge in [0, 0.05) is 18.8 Å². The highest BCUT2D eigenvalue weighted by molar-refractivity contribution is 5.87. The molecule has 1 aromatic carbocycles. The fourth-order valence-corrected chi connectivity index (χ4v) is 1.82. The highest BCUT2D eigenvalue weighted by Gasteiger charge is 2.39. The molecular weight excluding hydrogens is 314 g/mol. The number of hydrogen-bond donors (Lipinski definition) is 1. The number of benzene rings is 1. The van der Waals surface area contributed by atoms with E-state index in [-0.39, 0.29) is 17.5 Å². The summed E-state index contributed by atoms with van der Waals surface area (Å²) < 4.78 is 77.0. The van der Waals surface area contributed by atoms with Crippen LogP contribution in [0.2, 0.25) is 0 Å². The average Bonchev–Trinajstić information content (AvgIpc) is 2.84. The molecule has 0 spiro atoms. The predicted octanol–water partition coefficient (Wildman–Crippen LogP) is 3.56. The summed E-state index contributed by atoms with van der Waals surface area (Å²) in [5.41, 5.74) is -3.51. The second-order valence-electron chi connectivity index (χ2n) is 4.22. The Morgan fingerprint density at radius 1 is 1.09 bits per heavy atom. The summed E-state index contributed by atoms with van der Waals surface area (Å²) in [7, 11) is 1.38. The van der Waals surface area contributed by atoms with Crippen molar-refractivity contribution in [3.8, 4) is 11.3 Å². The van der Waals surface area contributed by atoms with Gasteiger partial charge < -0.3 is 0 Å². The topological polar surface area (TPSA) is 53.9 Å². The fourth-order valence-electron chi connectivity index (χ4n) is 1.82. The molecule has 118 valence electrons. The Morgan fingerprint density at radius 3 is 2.32 bits per heavy atom. The summed E-state index contributed by atoms with van der Waals surface area (Å²) >= 11 is 0. The van der Waals surface area contributed by atoms with Gasteiger partial charge in [0.1, 0.15) is 11.4 Å². The molecule has 0 unspecified atom stereocenters. The van der Waals surface area contributed by atoms with Gasteiger partial charge in [0.05, 0.1) is 11.1 Å². The van der Waals surface area contributed by atoms with Crippen molar-refractivity contribution in [2.45, 2.75) is 12.4 Å². The summed E-state index contributed by atoms with van der Waals surface area (Å²) in [6, 6.07) is 1.33. The van der Waals surface area contributed by atoms with Gasteiger partial charge in [0.25, 0.3) is 0 Å². The van der Waals surface area contributed by atoms with Crippen molar-refractivity contribution in [3.63, 3.8) is 0 Å². The van der Waals surface area contributed by atoms with E-state index < -0.39 is 29.0 Å². The molecule has 1 heterocycles. The SMILES string of the molecule is C/N=C/c1[nH]nnc1-c1ccc(C(F)(F)F)cc1C(F)(F)F. The van der Waals surface area contributed by atoms with Crippen molar-refractivity contribution in [1.82, 2.24) is 15.4 Å². The van der Waals surface area contributed by atoms with Crippen LogP contribution in [0.25, 0.3) is 11.3 Å². The second kappa shape index (κ2) is 5.43. The Morgan fingerprint density at radius 2 is 1.77 bits per heavy atom. The molecule has 0 fully saturated rings. The van der Waals surface area contributed by atoms with E-state index in [1.807, 2.05) is 0 Å². The maximum Gasteiger partial charge on any atom is 0.417 e. The normalized spacial score (nSPS) is 13.0. The molecule has 0 aliphatic heterocycles. The number of H-pyrrole nitrogens is 1. The minimum Gasteiger partial charge on any atom is -0.294 e. The van der Waals surface area contributed by atoms with Crippen LogP contribution in [-0.4, -0.2) is 28.7 Å². The van der Waals surface area contributed by atoms with Crippen LogP contribution in [0.15, 0.2) is 23.2 Å². The number of nitrogens with one attached hydrogen (secondary N) is 1. The van der Waals surface area contributed by atoms with Crippen LogP contribution in [0.5, 0.6) is 0 Å². The van der Waals surface area contributed by atoms with Gasteiger partial charge in [-0.25, -0.2) is 0 Å². The van der Waals surface area contributed by atoms with Crippen molar-refractivity contribution in [2.75, 3.05) is 7.05 Å². The van der Waals surface area contributed by atoms with Gasteiger partial charge in [-0.1, -0.05) is 11.3 Å². The summed E-state index contributed by atoms with van der Waals surface area (Å²) in [6.45, 7) is 0. The Hall–Kier alpha value is -2.39. The molecule has 0 saturated heterocycles. The van der Waals surface area contributed by atoms with E-state index in [9.17, 15) is 26.3 Å². The van der Waals surface area contributed by atoms with Crippen LogP contribution in [0.4, 0.5) is 26.3 Å². The van der Waals surface area contributed by atoms with Gasteiger partial charge in [-0.2, -0.15) is 26.3 Å². The van der Waals surface area contributed by atoms with Gasteiger partial charge in [0.15, 0.2) is 0 Å². The van der Waals surface area contributed by atoms with Gasteiger partial charge in [0.2, 0.25) is 0 Å². The molecule has 22 heavy (non-hydrogen) atoms. The lowest BCUT2D eigenvalue weighted by atomic mass is 9.99. The van der Waals surface area contributed by atoms with Crippen molar-refractivity contribution < 1.29 is 26.3 Å². The Kier molecular flexibility index (Phi) is 3.94. The minimum atomic E-state index is -4.98. The molecule has 4 nitrogen and oxygen atoms in total. The Bertz CT molecular complexity index is 698. The molecular formula is C12H8F6N4. The number of hydrogen-bond acceptors (Lipinski definition) is 3. The van der Waals surface area contributed by atoms with Crippen LogP contribution < -0.4 is 0 Å². The number of aromatic amines is 1. The quantitative estimate of drug-likeness (QED) is 0.679. The number of aromatic nitrogens is 3. The summed E-state index contributed by atoms with van der Waals surface area (Å²) in [6.07, 6.45) is -8.68. The third kappa shape index (κ3) is 3.10. The maximum atomic E-state index is 13.1. The smallest absolute Gasteiger partial charge is 0.294 e. The molecule has 1 aromatic heterocycles. The third-order valence-corrected chi connectivity index (χ3v) is 2.74. The second-order valence-corrected chi connectivity index (χ2v) is 4.22. The van der Waals surface area contributed by atoms with Gasteiger partial charge in [-0.15, -0.1) is 5.10 Å². The summed E-state index contributed by atoms with van der Waals surface area (Å²) in [4.78, 5) is 3.62. The maximum absolute atomic E-state index is 13.1. The molecule has 0 amide bonds. The number of halogens is 6. The third-order valence-electron chi connectivity index (χ3n) is 2.74. The molecule has 0 saturated carbocycles. The lowest BCUT2D eigenvalue weighted by Gasteiger charge is -2.15. The van der Waals surface area contributed by atoms with Crippen molar-refractivity contribution in [1.29, 1.82) is 0 Å². The predicted molar refractivity (Wildman–Crippen MR) is 65.3 cm³/mol. The van der Waals surface area contributed by atoms with E-state index >= 15 is 0 Å². The van der Waals surface area contributed by atoms with E-state index in [0.717, 1.165) is 6.07 Å². The van der Waals surface area contributed by atoms with Crippen molar-refractivity contribution >= 4 is 6.21 Å². The molecule has 0 atom stereocenters. The molecule has 0 radical (unpaired) electrons. The molecule has 2 rings (SSSR count). The lowest BCUT2D eigenvalue weighted by Crippen LogP contribution is -2.12. The number of alkyl halides is 6. The van der Waals surface area contributed by atoms with E-state index in [4.69, 9.17) is 0 Å². The zero-order chi connectivity index (χ0) is 16.5. The minimum absolute atomic E-state index is 0.0525. The first-order chi connectivity index (χ1) is 10.1. The largest absolute Gasteiger partial charge is 0.417 e. The van der Waals surface area contributed by atoms with Crippen LogP contribution in [0.3, 0.4) is 0 Å². The number of nitrogens with zero attached hydrogens (tertiary/aromatic N) is 3. The van der Waals surface area contributed by atoms with Crippen LogP contribution in [0, 0.1) is 0 Å². The van der Waals surface area contributed by atoms with Gasteiger partial charge in [-0.3, -0.25) is 10.1 Å². The van der Waals surface area contributed by atoms with Gasteiger partial charge in [-0.05, 0) is 12.1 Å². The first-order valence-corrected chi connectivity index (χ1v) is 5.76. The highest BCUT2D eigenvalue weighted by Crippen LogP contribution is 2.40. The zero-order valence-corrected chi connectivity index (χ0v) is 10.9. The number of aliphatic imine (C=N–C) groups is 1. The molecule has 0 bridgehead atoms. The van der Waals surface area contributed by atoms with Gasteiger partial charge >= 0.3 is 12.4 Å².